The van der Waals surface area contributed by atoms with Gasteiger partial charge in [0.15, 0.2) is 0 Å². The molecule has 4 amide bonds. The van der Waals surface area contributed by atoms with E-state index in [0.29, 0.717) is 23.6 Å². The van der Waals surface area contributed by atoms with Gasteiger partial charge in [-0.25, -0.2) is 14.8 Å². The highest BCUT2D eigenvalue weighted by Gasteiger charge is 2.52. The summed E-state index contributed by atoms with van der Waals surface area (Å²) < 4.78 is 0. The molecule has 124 valence electrons. The topological polar surface area (TPSA) is 89.9 Å². The van der Waals surface area contributed by atoms with Gasteiger partial charge in [0.05, 0.1) is 12.2 Å². The van der Waals surface area contributed by atoms with Crippen LogP contribution < -0.4 is 10.2 Å². The highest BCUT2D eigenvalue weighted by atomic mass is 16.5. The first kappa shape index (κ1) is 17.0. The van der Waals surface area contributed by atoms with Crippen LogP contribution in [0.2, 0.25) is 0 Å². The van der Waals surface area contributed by atoms with Crippen LogP contribution in [-0.2, 0) is 9.59 Å². The van der Waals surface area contributed by atoms with E-state index in [1.807, 2.05) is 6.92 Å². The minimum Gasteiger partial charge on any atom is -0.321 e. The molecule has 0 saturated carbocycles. The fraction of sp³-hybridized carbons (Fsp3) is 0.438. The molecule has 2 rings (SSSR count). The van der Waals surface area contributed by atoms with Crippen molar-refractivity contribution in [2.75, 3.05) is 11.4 Å². The van der Waals surface area contributed by atoms with Gasteiger partial charge in [-0.1, -0.05) is 44.4 Å². The van der Waals surface area contributed by atoms with Crippen LogP contribution in [0, 0.1) is 0 Å². The number of para-hydroxylation sites is 1. The SMILES string of the molecule is CCCCCC1(CN(O)C=O)NC(=O)N(c2ccccc2)C1=O. The molecule has 1 aromatic carbocycles. The number of benzene rings is 1. The molecule has 2 N–H and O–H groups in total. The van der Waals surface area contributed by atoms with Gasteiger partial charge in [0.1, 0.15) is 5.54 Å². The first-order chi connectivity index (χ1) is 11.0. The van der Waals surface area contributed by atoms with Crippen molar-refractivity contribution in [3.8, 4) is 0 Å². The summed E-state index contributed by atoms with van der Waals surface area (Å²) in [6.45, 7) is 1.76. The predicted octanol–water partition coefficient (Wildman–Crippen LogP) is 1.91. The van der Waals surface area contributed by atoms with Crippen molar-refractivity contribution in [3.05, 3.63) is 30.3 Å². The van der Waals surface area contributed by atoms with E-state index in [0.717, 1.165) is 17.7 Å². The van der Waals surface area contributed by atoms with Crippen LogP contribution in [0.3, 0.4) is 0 Å². The molecule has 1 atom stereocenters. The molecular formula is C16H21N3O4. The van der Waals surface area contributed by atoms with E-state index in [1.54, 1.807) is 30.3 Å². The number of carbonyl (C=O) groups excluding carboxylic acids is 3. The van der Waals surface area contributed by atoms with Crippen LogP contribution in [0.5, 0.6) is 0 Å². The van der Waals surface area contributed by atoms with Gasteiger partial charge in [-0.05, 0) is 18.6 Å². The summed E-state index contributed by atoms with van der Waals surface area (Å²) in [5.41, 5.74) is -0.833. The number of carbonyl (C=O) groups is 3. The normalized spacial score (nSPS) is 20.5. The van der Waals surface area contributed by atoms with E-state index < -0.39 is 17.5 Å². The predicted molar refractivity (Wildman–Crippen MR) is 83.9 cm³/mol. The van der Waals surface area contributed by atoms with Crippen molar-refractivity contribution in [2.24, 2.45) is 0 Å². The Kier molecular flexibility index (Phi) is 5.33. The van der Waals surface area contributed by atoms with Gasteiger partial charge >= 0.3 is 6.03 Å². The number of urea groups is 1. The molecule has 7 nitrogen and oxygen atoms in total. The van der Waals surface area contributed by atoms with Gasteiger partial charge < -0.3 is 5.32 Å². The Morgan fingerprint density at radius 3 is 2.57 bits per heavy atom. The standard InChI is InChI=1S/C16H21N3O4/c1-2-3-7-10-16(11-18(23)12-20)14(21)19(15(22)17-16)13-8-5-4-6-9-13/h4-6,8-9,12,23H,2-3,7,10-11H2,1H3,(H,17,22). The van der Waals surface area contributed by atoms with Crippen molar-refractivity contribution in [1.29, 1.82) is 0 Å². The first-order valence-electron chi connectivity index (χ1n) is 7.66. The molecule has 0 aromatic heterocycles. The Balaban J connectivity index is 2.29. The first-order valence-corrected chi connectivity index (χ1v) is 7.66. The molecule has 23 heavy (non-hydrogen) atoms. The van der Waals surface area contributed by atoms with Gasteiger partial charge in [-0.3, -0.25) is 14.8 Å². The lowest BCUT2D eigenvalue weighted by molar-refractivity contribution is -0.155. The third-order valence-electron chi connectivity index (χ3n) is 3.94. The summed E-state index contributed by atoms with van der Waals surface area (Å²) in [5.74, 6) is -0.453. The Hall–Kier alpha value is -2.41. The van der Waals surface area contributed by atoms with Gasteiger partial charge in [0.25, 0.3) is 5.91 Å². The second-order valence-corrected chi connectivity index (χ2v) is 5.65. The van der Waals surface area contributed by atoms with E-state index >= 15 is 0 Å². The quantitative estimate of drug-likeness (QED) is 0.252. The molecule has 1 unspecified atom stereocenters. The fourth-order valence-corrected chi connectivity index (χ4v) is 2.78. The summed E-state index contributed by atoms with van der Waals surface area (Å²) in [6.07, 6.45) is 3.14. The van der Waals surface area contributed by atoms with Crippen LogP contribution in [0.25, 0.3) is 0 Å². The lowest BCUT2D eigenvalue weighted by Gasteiger charge is -2.28. The lowest BCUT2D eigenvalue weighted by Crippen LogP contribution is -2.54. The average molecular weight is 319 g/mol. The highest BCUT2D eigenvalue weighted by molar-refractivity contribution is 6.23. The average Bonchev–Trinajstić information content (AvgIpc) is 2.79. The zero-order valence-corrected chi connectivity index (χ0v) is 13.1. The molecule has 0 bridgehead atoms. The van der Waals surface area contributed by atoms with Gasteiger partial charge in [0.2, 0.25) is 6.41 Å². The molecule has 0 spiro atoms. The summed E-state index contributed by atoms with van der Waals surface area (Å²) in [6, 6.07) is 8.04. The molecule has 0 aliphatic carbocycles. The summed E-state index contributed by atoms with van der Waals surface area (Å²) in [5, 5.41) is 12.6. The van der Waals surface area contributed by atoms with Crippen LogP contribution in [-0.4, -0.2) is 40.7 Å². The van der Waals surface area contributed by atoms with Gasteiger partial charge in [-0.2, -0.15) is 0 Å². The Bertz CT molecular complexity index is 578. The van der Waals surface area contributed by atoms with Crippen molar-refractivity contribution in [1.82, 2.24) is 10.4 Å². The molecular weight excluding hydrogens is 298 g/mol. The Labute approximate surface area is 134 Å². The zero-order valence-electron chi connectivity index (χ0n) is 13.1. The number of amides is 4. The number of nitrogens with one attached hydrogen (secondary N) is 1. The Morgan fingerprint density at radius 2 is 1.96 bits per heavy atom. The molecule has 1 aliphatic heterocycles. The maximum Gasteiger partial charge on any atom is 0.329 e. The maximum absolute atomic E-state index is 12.9. The van der Waals surface area contributed by atoms with Crippen LogP contribution in [0.15, 0.2) is 30.3 Å². The second-order valence-electron chi connectivity index (χ2n) is 5.65. The van der Waals surface area contributed by atoms with E-state index in [9.17, 15) is 19.6 Å². The van der Waals surface area contributed by atoms with E-state index in [4.69, 9.17) is 0 Å². The van der Waals surface area contributed by atoms with Crippen molar-refractivity contribution in [2.45, 2.75) is 38.1 Å². The Morgan fingerprint density at radius 1 is 1.26 bits per heavy atom. The van der Waals surface area contributed by atoms with Gasteiger partial charge in [0, 0.05) is 0 Å². The molecule has 1 fully saturated rings. The molecule has 7 heteroatoms. The van der Waals surface area contributed by atoms with Crippen LogP contribution in [0.4, 0.5) is 10.5 Å². The molecule has 1 heterocycles. The smallest absolute Gasteiger partial charge is 0.321 e. The number of hydrogen-bond donors (Lipinski definition) is 2. The number of imide groups is 1. The van der Waals surface area contributed by atoms with E-state index in [1.165, 1.54) is 0 Å². The fourth-order valence-electron chi connectivity index (χ4n) is 2.78. The molecule has 1 saturated heterocycles. The van der Waals surface area contributed by atoms with E-state index in [2.05, 4.69) is 5.32 Å². The van der Waals surface area contributed by atoms with Crippen molar-refractivity contribution in [3.63, 3.8) is 0 Å². The number of hydroxylamine groups is 2. The number of nitrogens with zero attached hydrogens (tertiary/aromatic N) is 2. The van der Waals surface area contributed by atoms with Gasteiger partial charge in [-0.15, -0.1) is 0 Å². The summed E-state index contributed by atoms with van der Waals surface area (Å²) in [4.78, 5) is 37.0. The van der Waals surface area contributed by atoms with Crippen molar-refractivity contribution < 1.29 is 19.6 Å². The molecule has 1 aliphatic rings. The highest BCUT2D eigenvalue weighted by Crippen LogP contribution is 2.29. The lowest BCUT2D eigenvalue weighted by atomic mass is 9.91. The number of anilines is 1. The summed E-state index contributed by atoms with van der Waals surface area (Å²) >= 11 is 0. The zero-order chi connectivity index (χ0) is 16.9. The third kappa shape index (κ3) is 3.50. The molecule has 1 aromatic rings. The number of hydrogen-bond acceptors (Lipinski definition) is 4. The van der Waals surface area contributed by atoms with Crippen LogP contribution >= 0.6 is 0 Å². The second kappa shape index (κ2) is 7.23. The van der Waals surface area contributed by atoms with E-state index in [-0.39, 0.29) is 13.0 Å². The largest absolute Gasteiger partial charge is 0.329 e. The van der Waals surface area contributed by atoms with Crippen molar-refractivity contribution >= 4 is 24.0 Å². The monoisotopic (exact) mass is 319 g/mol. The minimum absolute atomic E-state index is 0.228. The summed E-state index contributed by atoms with van der Waals surface area (Å²) in [7, 11) is 0. The number of unbranched alkanes of at least 4 members (excludes halogenated alkanes) is 2. The maximum atomic E-state index is 12.9. The molecule has 0 radical (unpaired) electrons. The number of rotatable bonds is 8. The van der Waals surface area contributed by atoms with Crippen LogP contribution in [0.1, 0.15) is 32.6 Å². The minimum atomic E-state index is -1.29. The third-order valence-corrected chi connectivity index (χ3v) is 3.94.